The van der Waals surface area contributed by atoms with Gasteiger partial charge in [0.25, 0.3) is 5.91 Å². The van der Waals surface area contributed by atoms with Crippen molar-refractivity contribution in [3.05, 3.63) is 23.9 Å². The van der Waals surface area contributed by atoms with E-state index in [1.807, 2.05) is 0 Å². The molecular weight excluding hydrogens is 268 g/mol. The number of nitrogens with zero attached hydrogens (tertiary/aromatic N) is 1. The van der Waals surface area contributed by atoms with Gasteiger partial charge in [0.1, 0.15) is 5.82 Å². The standard InChI is InChI=1S/C11H18N4O3S/c1-11(2,15-19(3,17)18)7-14-10(16)8-4-5-13-9(12)6-8/h4-6,15H,7H2,1-3H3,(H2,12,13)(H,14,16). The third kappa shape index (κ3) is 5.66. The maximum absolute atomic E-state index is 11.8. The SMILES string of the molecule is CC(C)(CNC(=O)c1ccnc(N)c1)NS(C)(=O)=O. The van der Waals surface area contributed by atoms with E-state index in [2.05, 4.69) is 15.0 Å². The molecular formula is C11H18N4O3S. The van der Waals surface area contributed by atoms with Crippen LogP contribution < -0.4 is 15.8 Å². The second-order valence-corrected chi connectivity index (χ2v) is 6.66. The van der Waals surface area contributed by atoms with E-state index >= 15 is 0 Å². The number of rotatable bonds is 5. The number of pyridine rings is 1. The fourth-order valence-corrected chi connectivity index (χ4v) is 2.61. The molecule has 1 amide bonds. The summed E-state index contributed by atoms with van der Waals surface area (Å²) in [5.74, 6) is -0.0846. The minimum atomic E-state index is -3.33. The second kappa shape index (κ2) is 5.54. The van der Waals surface area contributed by atoms with Crippen LogP contribution in [0.1, 0.15) is 24.2 Å². The number of hydrogen-bond donors (Lipinski definition) is 3. The molecule has 0 aliphatic rings. The van der Waals surface area contributed by atoms with Crippen molar-refractivity contribution in [2.24, 2.45) is 0 Å². The molecule has 1 rings (SSSR count). The predicted octanol–water partition coefficient (Wildman–Crippen LogP) is -0.279. The van der Waals surface area contributed by atoms with Crippen LogP contribution >= 0.6 is 0 Å². The number of hydrogen-bond acceptors (Lipinski definition) is 5. The Kier molecular flexibility index (Phi) is 4.48. The predicted molar refractivity (Wildman–Crippen MR) is 73.0 cm³/mol. The molecule has 8 heteroatoms. The van der Waals surface area contributed by atoms with Crippen LogP contribution in [0.4, 0.5) is 5.82 Å². The summed E-state index contributed by atoms with van der Waals surface area (Å²) in [5.41, 5.74) is 5.08. The third-order valence-electron chi connectivity index (χ3n) is 2.20. The molecule has 7 nitrogen and oxygen atoms in total. The summed E-state index contributed by atoms with van der Waals surface area (Å²) in [7, 11) is -3.33. The Hall–Kier alpha value is -1.67. The number of carbonyl (C=O) groups is 1. The van der Waals surface area contributed by atoms with Crippen molar-refractivity contribution in [3.63, 3.8) is 0 Å². The van der Waals surface area contributed by atoms with E-state index in [9.17, 15) is 13.2 Å². The number of aromatic nitrogens is 1. The van der Waals surface area contributed by atoms with Crippen molar-refractivity contribution in [2.75, 3.05) is 18.5 Å². The molecule has 0 aromatic carbocycles. The van der Waals surface area contributed by atoms with Gasteiger partial charge in [0, 0.05) is 23.8 Å². The fourth-order valence-electron chi connectivity index (χ4n) is 1.53. The highest BCUT2D eigenvalue weighted by Crippen LogP contribution is 2.05. The average molecular weight is 286 g/mol. The van der Waals surface area contributed by atoms with Crippen LogP contribution in [0.15, 0.2) is 18.3 Å². The summed E-state index contributed by atoms with van der Waals surface area (Å²) in [4.78, 5) is 15.6. The average Bonchev–Trinajstić information content (AvgIpc) is 2.22. The van der Waals surface area contributed by atoms with Gasteiger partial charge >= 0.3 is 0 Å². The number of anilines is 1. The third-order valence-corrected chi connectivity index (χ3v) is 3.12. The summed E-state index contributed by atoms with van der Waals surface area (Å²) in [5, 5.41) is 2.64. The first-order chi connectivity index (χ1) is 8.59. The first-order valence-corrected chi connectivity index (χ1v) is 7.47. The topological polar surface area (TPSA) is 114 Å². The lowest BCUT2D eigenvalue weighted by Gasteiger charge is -2.25. The van der Waals surface area contributed by atoms with Crippen molar-refractivity contribution < 1.29 is 13.2 Å². The normalized spacial score (nSPS) is 12.2. The van der Waals surface area contributed by atoms with E-state index in [-0.39, 0.29) is 18.3 Å². The van der Waals surface area contributed by atoms with E-state index in [1.165, 1.54) is 18.3 Å². The van der Waals surface area contributed by atoms with Crippen LogP contribution in [0, 0.1) is 0 Å². The molecule has 0 fully saturated rings. The molecule has 1 aromatic rings. The minimum absolute atomic E-state index is 0.154. The van der Waals surface area contributed by atoms with Crippen LogP contribution in [0.25, 0.3) is 0 Å². The summed E-state index contributed by atoms with van der Waals surface area (Å²) in [6.07, 6.45) is 2.50. The summed E-state index contributed by atoms with van der Waals surface area (Å²) in [6.45, 7) is 3.51. The molecule has 0 aliphatic carbocycles. The molecule has 0 unspecified atom stereocenters. The van der Waals surface area contributed by atoms with Gasteiger partial charge in [-0.3, -0.25) is 4.79 Å². The molecule has 1 heterocycles. The molecule has 0 saturated heterocycles. The van der Waals surface area contributed by atoms with Crippen molar-refractivity contribution in [2.45, 2.75) is 19.4 Å². The van der Waals surface area contributed by atoms with Crippen LogP contribution in [0.2, 0.25) is 0 Å². The summed E-state index contributed by atoms with van der Waals surface area (Å²) in [6, 6.07) is 2.98. The monoisotopic (exact) mass is 286 g/mol. The van der Waals surface area contributed by atoms with Crippen LogP contribution in [-0.2, 0) is 10.0 Å². The van der Waals surface area contributed by atoms with Gasteiger partial charge in [-0.05, 0) is 26.0 Å². The number of nitrogen functional groups attached to an aromatic ring is 1. The maximum Gasteiger partial charge on any atom is 0.251 e. The molecule has 0 radical (unpaired) electrons. The Labute approximate surface area is 112 Å². The Morgan fingerprint density at radius 1 is 1.47 bits per heavy atom. The van der Waals surface area contributed by atoms with Crippen molar-refractivity contribution in [1.82, 2.24) is 15.0 Å². The van der Waals surface area contributed by atoms with Gasteiger partial charge in [-0.25, -0.2) is 18.1 Å². The van der Waals surface area contributed by atoms with Crippen molar-refractivity contribution >= 4 is 21.7 Å². The van der Waals surface area contributed by atoms with Gasteiger partial charge < -0.3 is 11.1 Å². The Bertz CT molecular complexity index is 569. The van der Waals surface area contributed by atoms with Gasteiger partial charge in [-0.15, -0.1) is 0 Å². The fraction of sp³-hybridized carbons (Fsp3) is 0.455. The number of sulfonamides is 1. The first-order valence-electron chi connectivity index (χ1n) is 5.58. The largest absolute Gasteiger partial charge is 0.384 e. The molecule has 0 bridgehead atoms. The molecule has 0 aliphatic heterocycles. The number of nitrogens with two attached hydrogens (primary N) is 1. The van der Waals surface area contributed by atoms with E-state index in [4.69, 9.17) is 5.73 Å². The minimum Gasteiger partial charge on any atom is -0.384 e. The zero-order valence-corrected chi connectivity index (χ0v) is 11.9. The van der Waals surface area contributed by atoms with Crippen molar-refractivity contribution in [1.29, 1.82) is 0 Å². The van der Waals surface area contributed by atoms with E-state index < -0.39 is 15.6 Å². The molecule has 106 valence electrons. The molecule has 1 aromatic heterocycles. The summed E-state index contributed by atoms with van der Waals surface area (Å²) < 4.78 is 24.7. The maximum atomic E-state index is 11.8. The van der Waals surface area contributed by atoms with Crippen molar-refractivity contribution in [3.8, 4) is 0 Å². The Morgan fingerprint density at radius 2 is 2.11 bits per heavy atom. The highest BCUT2D eigenvalue weighted by Gasteiger charge is 2.23. The van der Waals surface area contributed by atoms with Gasteiger partial charge in [0.2, 0.25) is 10.0 Å². The van der Waals surface area contributed by atoms with E-state index in [0.717, 1.165) is 6.26 Å². The lowest BCUT2D eigenvalue weighted by Crippen LogP contribution is -2.51. The molecule has 4 N–H and O–H groups in total. The van der Waals surface area contributed by atoms with E-state index in [1.54, 1.807) is 13.8 Å². The number of carbonyl (C=O) groups excluding carboxylic acids is 1. The zero-order chi connectivity index (χ0) is 14.7. The highest BCUT2D eigenvalue weighted by atomic mass is 32.2. The van der Waals surface area contributed by atoms with Crippen LogP contribution in [0.5, 0.6) is 0 Å². The van der Waals surface area contributed by atoms with E-state index in [0.29, 0.717) is 5.56 Å². The quantitative estimate of drug-likeness (QED) is 0.689. The molecule has 0 atom stereocenters. The number of amides is 1. The van der Waals surface area contributed by atoms with Gasteiger partial charge in [0.15, 0.2) is 0 Å². The molecule has 19 heavy (non-hydrogen) atoms. The van der Waals surface area contributed by atoms with Gasteiger partial charge in [0.05, 0.1) is 6.26 Å². The van der Waals surface area contributed by atoms with Gasteiger partial charge in [-0.1, -0.05) is 0 Å². The first kappa shape index (κ1) is 15.4. The Balaban J connectivity index is 2.64. The molecule has 0 saturated carbocycles. The Morgan fingerprint density at radius 3 is 2.63 bits per heavy atom. The molecule has 0 spiro atoms. The smallest absolute Gasteiger partial charge is 0.251 e. The van der Waals surface area contributed by atoms with Crippen LogP contribution in [0.3, 0.4) is 0 Å². The summed E-state index contributed by atoms with van der Waals surface area (Å²) >= 11 is 0. The van der Waals surface area contributed by atoms with Gasteiger partial charge in [-0.2, -0.15) is 0 Å². The highest BCUT2D eigenvalue weighted by molar-refractivity contribution is 7.88. The lowest BCUT2D eigenvalue weighted by molar-refractivity contribution is 0.0944. The number of nitrogens with one attached hydrogen (secondary N) is 2. The second-order valence-electron chi connectivity index (χ2n) is 4.91. The lowest BCUT2D eigenvalue weighted by atomic mass is 10.1. The van der Waals surface area contributed by atoms with Crippen LogP contribution in [-0.4, -0.2) is 37.6 Å². The zero-order valence-electron chi connectivity index (χ0n) is 11.1.